The highest BCUT2D eigenvalue weighted by Crippen LogP contribution is 2.41. The molecule has 0 aliphatic carbocycles. The lowest BCUT2D eigenvalue weighted by molar-refractivity contribution is -0.192. The summed E-state index contributed by atoms with van der Waals surface area (Å²) >= 11 is 1.72. The molecular weight excluding hydrogens is 421 g/mol. The second-order valence-corrected chi connectivity index (χ2v) is 9.78. The van der Waals surface area contributed by atoms with Gasteiger partial charge in [-0.15, -0.1) is 0 Å². The van der Waals surface area contributed by atoms with E-state index < -0.39 is 22.2 Å². The summed E-state index contributed by atoms with van der Waals surface area (Å²) in [5.74, 6) is -2.20. The Kier molecular flexibility index (Phi) is 7.48. The first-order chi connectivity index (χ1) is 13.0. The number of likely N-dealkylation sites (tertiary alicyclic amines) is 1. The number of carboxylic acid groups (broad SMARTS) is 1. The number of carbonyl (C=O) groups is 1. The Morgan fingerprint density at radius 2 is 2.18 bits per heavy atom. The molecule has 0 bridgehead atoms. The molecule has 2 N–H and O–H groups in total. The number of alkyl halides is 3. The first-order valence-electron chi connectivity index (χ1n) is 8.56. The lowest BCUT2D eigenvalue weighted by Crippen LogP contribution is -2.43. The summed E-state index contributed by atoms with van der Waals surface area (Å²) in [7, 11) is -3.14. The molecule has 0 aromatic carbocycles. The summed E-state index contributed by atoms with van der Waals surface area (Å²) in [6.45, 7) is 6.40. The van der Waals surface area contributed by atoms with E-state index in [2.05, 4.69) is 26.4 Å². The average Bonchev–Trinajstić information content (AvgIpc) is 3.29. The van der Waals surface area contributed by atoms with Crippen LogP contribution in [0.25, 0.3) is 0 Å². The molecule has 2 fully saturated rings. The Hall–Kier alpha value is -1.21. The van der Waals surface area contributed by atoms with E-state index in [1.54, 1.807) is 18.3 Å². The maximum absolute atomic E-state index is 11.7. The summed E-state index contributed by atoms with van der Waals surface area (Å²) in [6, 6.07) is 2.15. The molecule has 0 saturated carbocycles. The Morgan fingerprint density at radius 3 is 2.71 bits per heavy atom. The van der Waals surface area contributed by atoms with Crippen LogP contribution in [-0.2, 0) is 26.1 Å². The second-order valence-electron chi connectivity index (χ2n) is 6.90. The highest BCUT2D eigenvalue weighted by Gasteiger charge is 2.50. The van der Waals surface area contributed by atoms with Gasteiger partial charge in [-0.25, -0.2) is 17.9 Å². The molecule has 2 saturated heterocycles. The number of carboxylic acids is 1. The zero-order valence-electron chi connectivity index (χ0n) is 15.2. The van der Waals surface area contributed by atoms with Crippen molar-refractivity contribution >= 4 is 27.3 Å². The second kappa shape index (κ2) is 9.08. The molecular formula is C16H23F3N2O5S2. The van der Waals surface area contributed by atoms with E-state index in [4.69, 9.17) is 14.6 Å². The lowest BCUT2D eigenvalue weighted by atomic mass is 9.81. The molecule has 1 aromatic heterocycles. The summed E-state index contributed by atoms with van der Waals surface area (Å²) in [5.41, 5.74) is 1.28. The molecule has 0 unspecified atom stereocenters. The van der Waals surface area contributed by atoms with Gasteiger partial charge in [-0.05, 0) is 29.3 Å². The molecule has 12 heteroatoms. The number of aliphatic carboxylic acids is 1. The van der Waals surface area contributed by atoms with Crippen LogP contribution >= 0.6 is 11.3 Å². The van der Waals surface area contributed by atoms with Crippen molar-refractivity contribution in [1.29, 1.82) is 0 Å². The maximum Gasteiger partial charge on any atom is 0.490 e. The number of thiophene rings is 1. The Labute approximate surface area is 165 Å². The molecule has 0 radical (unpaired) electrons. The molecule has 1 aromatic rings. The third-order valence-electron chi connectivity index (χ3n) is 4.84. The van der Waals surface area contributed by atoms with Crippen LogP contribution in [0.4, 0.5) is 13.2 Å². The lowest BCUT2D eigenvalue weighted by Gasteiger charge is -2.27. The van der Waals surface area contributed by atoms with E-state index in [-0.39, 0.29) is 11.2 Å². The van der Waals surface area contributed by atoms with Gasteiger partial charge in [0, 0.05) is 37.5 Å². The van der Waals surface area contributed by atoms with Gasteiger partial charge in [-0.3, -0.25) is 4.90 Å². The van der Waals surface area contributed by atoms with Crippen molar-refractivity contribution < 1.29 is 36.2 Å². The van der Waals surface area contributed by atoms with E-state index in [1.165, 1.54) is 5.56 Å². The molecule has 2 aliphatic rings. The van der Waals surface area contributed by atoms with Gasteiger partial charge in [-0.1, -0.05) is 0 Å². The van der Waals surface area contributed by atoms with E-state index >= 15 is 0 Å². The van der Waals surface area contributed by atoms with Crippen LogP contribution < -0.4 is 4.72 Å². The van der Waals surface area contributed by atoms with Crippen LogP contribution in [0, 0.1) is 11.3 Å². The number of nitrogens with zero attached hydrogens (tertiary/aromatic N) is 1. The molecule has 3 heterocycles. The summed E-state index contributed by atoms with van der Waals surface area (Å²) in [4.78, 5) is 11.3. The fourth-order valence-electron chi connectivity index (χ4n) is 3.31. The van der Waals surface area contributed by atoms with Crippen molar-refractivity contribution in [3.05, 3.63) is 22.4 Å². The zero-order chi connectivity index (χ0) is 21.0. The predicted molar refractivity (Wildman–Crippen MR) is 97.5 cm³/mol. The standard InChI is InChI=1S/C14H22N2O3S2.C2HF3O2/c1-2-21(17,18)15-9-14-10-16(5-12-3-4-20-8-12)6-13(14)7-19-11-14;3-2(4,5)1(6)7/h3-4,8,13,15H,2,5-7,9-11H2,1H3;(H,6,7)/t13-,14+;/m1./s1. The molecule has 0 spiro atoms. The minimum absolute atomic E-state index is 0.0573. The van der Waals surface area contributed by atoms with Gasteiger partial charge < -0.3 is 9.84 Å². The topological polar surface area (TPSA) is 95.9 Å². The van der Waals surface area contributed by atoms with Crippen molar-refractivity contribution in [1.82, 2.24) is 9.62 Å². The SMILES string of the molecule is CCS(=O)(=O)NC[C@]12COC[C@H]1CN(Cc1ccsc1)C2.O=C(O)C(F)(F)F. The number of fused-ring (bicyclic) bond motifs is 1. The molecule has 28 heavy (non-hydrogen) atoms. The van der Waals surface area contributed by atoms with Crippen LogP contribution in [0.1, 0.15) is 12.5 Å². The van der Waals surface area contributed by atoms with Crippen LogP contribution in [0.2, 0.25) is 0 Å². The average molecular weight is 444 g/mol. The van der Waals surface area contributed by atoms with Gasteiger partial charge in [0.05, 0.1) is 19.0 Å². The predicted octanol–water partition coefficient (Wildman–Crippen LogP) is 1.77. The first-order valence-corrected chi connectivity index (χ1v) is 11.2. The Morgan fingerprint density at radius 1 is 1.50 bits per heavy atom. The Balaban J connectivity index is 0.000000345. The first kappa shape index (κ1) is 23.1. The van der Waals surface area contributed by atoms with Crippen molar-refractivity contribution in [2.24, 2.45) is 11.3 Å². The van der Waals surface area contributed by atoms with Crippen molar-refractivity contribution in [2.45, 2.75) is 19.6 Å². The number of hydrogen-bond donors (Lipinski definition) is 2. The number of halogens is 3. The normalized spacial score (nSPS) is 25.2. The fraction of sp³-hybridized carbons (Fsp3) is 0.688. The van der Waals surface area contributed by atoms with Crippen molar-refractivity contribution in [3.8, 4) is 0 Å². The third-order valence-corrected chi connectivity index (χ3v) is 6.92. The van der Waals surface area contributed by atoms with Gasteiger partial charge in [0.15, 0.2) is 0 Å². The van der Waals surface area contributed by atoms with Gasteiger partial charge in [0.25, 0.3) is 0 Å². The highest BCUT2D eigenvalue weighted by atomic mass is 32.2. The van der Waals surface area contributed by atoms with E-state index in [0.717, 1.165) is 26.2 Å². The van der Waals surface area contributed by atoms with Gasteiger partial charge in [0.2, 0.25) is 10.0 Å². The molecule has 160 valence electrons. The molecule has 2 aliphatic heterocycles. The summed E-state index contributed by atoms with van der Waals surface area (Å²) in [5, 5.41) is 11.4. The molecule has 0 amide bonds. The highest BCUT2D eigenvalue weighted by molar-refractivity contribution is 7.89. The van der Waals surface area contributed by atoms with Crippen LogP contribution in [0.15, 0.2) is 16.8 Å². The number of sulfonamides is 1. The minimum Gasteiger partial charge on any atom is -0.475 e. The van der Waals surface area contributed by atoms with Gasteiger partial charge in [0.1, 0.15) is 0 Å². The van der Waals surface area contributed by atoms with E-state index in [1.807, 2.05) is 0 Å². The van der Waals surface area contributed by atoms with Crippen LogP contribution in [0.5, 0.6) is 0 Å². The fourth-order valence-corrected chi connectivity index (χ4v) is 4.68. The van der Waals surface area contributed by atoms with Gasteiger partial charge in [-0.2, -0.15) is 24.5 Å². The van der Waals surface area contributed by atoms with E-state index in [0.29, 0.717) is 19.1 Å². The van der Waals surface area contributed by atoms with Crippen molar-refractivity contribution in [3.63, 3.8) is 0 Å². The molecule has 2 atom stereocenters. The monoisotopic (exact) mass is 444 g/mol. The smallest absolute Gasteiger partial charge is 0.475 e. The van der Waals surface area contributed by atoms with Crippen molar-refractivity contribution in [2.75, 3.05) is 38.6 Å². The molecule has 7 nitrogen and oxygen atoms in total. The number of nitrogens with one attached hydrogen (secondary N) is 1. The number of ether oxygens (including phenoxy) is 1. The van der Waals surface area contributed by atoms with Crippen LogP contribution in [-0.4, -0.2) is 69.2 Å². The third kappa shape index (κ3) is 6.14. The minimum atomic E-state index is -5.08. The quantitative estimate of drug-likeness (QED) is 0.694. The van der Waals surface area contributed by atoms with Crippen LogP contribution in [0.3, 0.4) is 0 Å². The number of rotatable bonds is 6. The Bertz CT molecular complexity index is 755. The summed E-state index contributed by atoms with van der Waals surface area (Å²) < 4.78 is 63.6. The maximum atomic E-state index is 11.7. The van der Waals surface area contributed by atoms with Gasteiger partial charge >= 0.3 is 12.1 Å². The van der Waals surface area contributed by atoms with E-state index in [9.17, 15) is 21.6 Å². The zero-order valence-corrected chi connectivity index (χ0v) is 16.9. The summed E-state index contributed by atoms with van der Waals surface area (Å²) in [6.07, 6.45) is -5.08. The molecule has 3 rings (SSSR count). The number of hydrogen-bond acceptors (Lipinski definition) is 6. The largest absolute Gasteiger partial charge is 0.490 e.